The Balaban J connectivity index is 1.84. The monoisotopic (exact) mass is 416 g/mol. The molecule has 1 N–H and O–H groups in total. The van der Waals surface area contributed by atoms with Gasteiger partial charge in [-0.2, -0.15) is 0 Å². The Kier molecular flexibility index (Phi) is 5.29. The number of nitrogens with one attached hydrogen (secondary N) is 1. The first-order chi connectivity index (χ1) is 14.9. The van der Waals surface area contributed by atoms with Crippen LogP contribution < -0.4 is 15.0 Å². The highest BCUT2D eigenvalue weighted by Gasteiger charge is 2.40. The topological polar surface area (TPSA) is 58.6 Å². The molecule has 0 aromatic heterocycles. The largest absolute Gasteiger partial charge is 0.495 e. The fourth-order valence-electron chi connectivity index (χ4n) is 3.51. The van der Waals surface area contributed by atoms with Gasteiger partial charge in [0.05, 0.1) is 24.1 Å². The molecule has 2 amide bonds. The molecule has 1 heterocycles. The van der Waals surface area contributed by atoms with Crippen LogP contribution in [0.1, 0.15) is 16.7 Å². The molecule has 0 radical (unpaired) electrons. The summed E-state index contributed by atoms with van der Waals surface area (Å²) in [6, 6.07) is 18.0. The molecule has 156 valence electrons. The number of hydrogen-bond donors (Lipinski definition) is 1. The molecule has 1 aliphatic heterocycles. The zero-order valence-electron chi connectivity index (χ0n) is 17.4. The second kappa shape index (κ2) is 8.07. The summed E-state index contributed by atoms with van der Waals surface area (Å²) in [5, 5.41) is 3.08. The van der Waals surface area contributed by atoms with Gasteiger partial charge in [0.2, 0.25) is 0 Å². The first-order valence-electron chi connectivity index (χ1n) is 9.77. The minimum absolute atomic E-state index is 0.110. The number of benzene rings is 3. The molecule has 4 rings (SSSR count). The van der Waals surface area contributed by atoms with Crippen LogP contribution in [0.5, 0.6) is 5.75 Å². The first-order valence-corrected chi connectivity index (χ1v) is 9.77. The van der Waals surface area contributed by atoms with E-state index in [0.29, 0.717) is 22.7 Å². The Morgan fingerprint density at radius 3 is 2.26 bits per heavy atom. The van der Waals surface area contributed by atoms with Crippen molar-refractivity contribution in [2.75, 3.05) is 17.3 Å². The number of amides is 2. The first kappa shape index (κ1) is 20.3. The van der Waals surface area contributed by atoms with Crippen LogP contribution in [0.4, 0.5) is 15.8 Å². The number of carbonyl (C=O) groups excluding carboxylic acids is 2. The minimum atomic E-state index is -0.488. The smallest absolute Gasteiger partial charge is 0.282 e. The number of imide groups is 1. The molecule has 1 aliphatic rings. The van der Waals surface area contributed by atoms with Crippen LogP contribution in [0.2, 0.25) is 0 Å². The molecule has 0 saturated heterocycles. The number of rotatable bonds is 5. The summed E-state index contributed by atoms with van der Waals surface area (Å²) in [5.74, 6) is -0.861. The zero-order chi connectivity index (χ0) is 22.1. The third kappa shape index (κ3) is 3.68. The molecule has 0 atom stereocenters. The van der Waals surface area contributed by atoms with Crippen LogP contribution >= 0.6 is 0 Å². The average molecular weight is 416 g/mol. The second-order valence-electron chi connectivity index (χ2n) is 7.30. The number of aryl methyl sites for hydroxylation is 2. The fourth-order valence-corrected chi connectivity index (χ4v) is 3.51. The highest BCUT2D eigenvalue weighted by molar-refractivity contribution is 6.46. The standard InChI is InChI=1S/C25H21FN2O3/c1-15-8-13-19(14-16(15)2)28-24(29)22(17-9-11-18(26)12-10-17)23(25(28)30)27-20-6-4-5-7-21(20)31-3/h4-14,27H,1-3H3. The van der Waals surface area contributed by atoms with E-state index in [1.165, 1.54) is 31.4 Å². The number of hydrogen-bond acceptors (Lipinski definition) is 4. The zero-order valence-corrected chi connectivity index (χ0v) is 17.4. The molecule has 31 heavy (non-hydrogen) atoms. The summed E-state index contributed by atoms with van der Waals surface area (Å²) in [4.78, 5) is 28.0. The van der Waals surface area contributed by atoms with E-state index in [1.54, 1.807) is 30.3 Å². The Morgan fingerprint density at radius 1 is 0.871 bits per heavy atom. The van der Waals surface area contributed by atoms with E-state index in [9.17, 15) is 14.0 Å². The van der Waals surface area contributed by atoms with Gasteiger partial charge in [-0.3, -0.25) is 9.59 Å². The SMILES string of the molecule is COc1ccccc1NC1=C(c2ccc(F)cc2)C(=O)N(c2ccc(C)c(C)c2)C1=O. The predicted octanol–water partition coefficient (Wildman–Crippen LogP) is 4.85. The van der Waals surface area contributed by atoms with Crippen molar-refractivity contribution in [1.82, 2.24) is 0 Å². The van der Waals surface area contributed by atoms with Crippen molar-refractivity contribution in [2.45, 2.75) is 13.8 Å². The number of para-hydroxylation sites is 2. The lowest BCUT2D eigenvalue weighted by Crippen LogP contribution is -2.32. The molecule has 6 heteroatoms. The van der Waals surface area contributed by atoms with Gasteiger partial charge >= 0.3 is 0 Å². The summed E-state index contributed by atoms with van der Waals surface area (Å²) >= 11 is 0. The van der Waals surface area contributed by atoms with E-state index < -0.39 is 17.6 Å². The maximum Gasteiger partial charge on any atom is 0.282 e. The van der Waals surface area contributed by atoms with Gasteiger partial charge in [0.25, 0.3) is 11.8 Å². The molecule has 0 unspecified atom stereocenters. The molecule has 0 fully saturated rings. The van der Waals surface area contributed by atoms with E-state index in [-0.39, 0.29) is 11.3 Å². The van der Waals surface area contributed by atoms with Crippen molar-refractivity contribution in [3.05, 3.63) is 94.9 Å². The van der Waals surface area contributed by atoms with Crippen molar-refractivity contribution in [2.24, 2.45) is 0 Å². The lowest BCUT2D eigenvalue weighted by Gasteiger charge is -2.17. The van der Waals surface area contributed by atoms with E-state index in [0.717, 1.165) is 16.0 Å². The van der Waals surface area contributed by atoms with Crippen LogP contribution in [-0.2, 0) is 9.59 Å². The number of ether oxygens (including phenoxy) is 1. The quantitative estimate of drug-likeness (QED) is 0.604. The Labute approximate surface area is 179 Å². The molecule has 0 spiro atoms. The molecule has 5 nitrogen and oxygen atoms in total. The molecule has 0 bridgehead atoms. The lowest BCUT2D eigenvalue weighted by atomic mass is 10.0. The van der Waals surface area contributed by atoms with Crippen molar-refractivity contribution in [3.63, 3.8) is 0 Å². The van der Waals surface area contributed by atoms with Crippen LogP contribution in [0.25, 0.3) is 5.57 Å². The number of halogens is 1. The van der Waals surface area contributed by atoms with E-state index in [4.69, 9.17) is 4.74 Å². The predicted molar refractivity (Wildman–Crippen MR) is 118 cm³/mol. The number of carbonyl (C=O) groups is 2. The van der Waals surface area contributed by atoms with Crippen LogP contribution in [0.3, 0.4) is 0 Å². The van der Waals surface area contributed by atoms with Gasteiger partial charge in [-0.15, -0.1) is 0 Å². The number of methoxy groups -OCH3 is 1. The molecule has 3 aromatic rings. The summed E-state index contributed by atoms with van der Waals surface area (Å²) < 4.78 is 18.9. The minimum Gasteiger partial charge on any atom is -0.495 e. The van der Waals surface area contributed by atoms with Gasteiger partial charge in [0.1, 0.15) is 17.3 Å². The summed E-state index contributed by atoms with van der Waals surface area (Å²) in [5.41, 5.74) is 3.78. The fraction of sp³-hybridized carbons (Fsp3) is 0.120. The van der Waals surface area contributed by atoms with Gasteiger partial charge in [-0.25, -0.2) is 9.29 Å². The normalized spacial score (nSPS) is 13.7. The lowest BCUT2D eigenvalue weighted by molar-refractivity contribution is -0.120. The van der Waals surface area contributed by atoms with Gasteiger partial charge in [-0.05, 0) is 66.9 Å². The average Bonchev–Trinajstić information content (AvgIpc) is 3.01. The van der Waals surface area contributed by atoms with Gasteiger partial charge < -0.3 is 10.1 Å². The Bertz CT molecular complexity index is 1220. The Morgan fingerprint density at radius 2 is 1.58 bits per heavy atom. The van der Waals surface area contributed by atoms with Crippen LogP contribution in [-0.4, -0.2) is 18.9 Å². The molecule has 0 saturated carbocycles. The number of nitrogens with zero attached hydrogens (tertiary/aromatic N) is 1. The van der Waals surface area contributed by atoms with E-state index >= 15 is 0 Å². The van der Waals surface area contributed by atoms with Crippen molar-refractivity contribution >= 4 is 28.8 Å². The second-order valence-corrected chi connectivity index (χ2v) is 7.30. The van der Waals surface area contributed by atoms with Crippen LogP contribution in [0.15, 0.2) is 72.4 Å². The number of anilines is 2. The maximum absolute atomic E-state index is 13.5. The van der Waals surface area contributed by atoms with Gasteiger partial charge in [0.15, 0.2) is 0 Å². The molecule has 3 aromatic carbocycles. The summed E-state index contributed by atoms with van der Waals surface area (Å²) in [6.07, 6.45) is 0. The van der Waals surface area contributed by atoms with Gasteiger partial charge in [-0.1, -0.05) is 30.3 Å². The van der Waals surface area contributed by atoms with Crippen molar-refractivity contribution < 1.29 is 18.7 Å². The summed E-state index contributed by atoms with van der Waals surface area (Å²) in [6.45, 7) is 3.88. The summed E-state index contributed by atoms with van der Waals surface area (Å²) in [7, 11) is 1.53. The highest BCUT2D eigenvalue weighted by Crippen LogP contribution is 2.36. The van der Waals surface area contributed by atoms with Crippen molar-refractivity contribution in [1.29, 1.82) is 0 Å². The molecule has 0 aliphatic carbocycles. The van der Waals surface area contributed by atoms with Crippen LogP contribution in [0, 0.1) is 19.7 Å². The Hall–Kier alpha value is -3.93. The third-order valence-corrected chi connectivity index (χ3v) is 5.33. The molecular formula is C25H21FN2O3. The van der Waals surface area contributed by atoms with Crippen molar-refractivity contribution in [3.8, 4) is 5.75 Å². The van der Waals surface area contributed by atoms with E-state index in [2.05, 4.69) is 5.32 Å². The third-order valence-electron chi connectivity index (χ3n) is 5.33. The molecular weight excluding hydrogens is 395 g/mol. The highest BCUT2D eigenvalue weighted by atomic mass is 19.1. The maximum atomic E-state index is 13.5. The van der Waals surface area contributed by atoms with Gasteiger partial charge in [0, 0.05) is 0 Å². The van der Waals surface area contributed by atoms with E-state index in [1.807, 2.05) is 26.0 Å².